The molecule has 2 aromatic heterocycles. The first kappa shape index (κ1) is 16.1. The molecule has 1 aliphatic heterocycles. The summed E-state index contributed by atoms with van der Waals surface area (Å²) < 4.78 is 7.80. The zero-order valence-corrected chi connectivity index (χ0v) is 15.4. The molecule has 0 unspecified atom stereocenters. The maximum absolute atomic E-state index is 11.7. The van der Waals surface area contributed by atoms with Crippen LogP contribution in [0.15, 0.2) is 30.6 Å². The molecule has 1 saturated carbocycles. The summed E-state index contributed by atoms with van der Waals surface area (Å²) in [6, 6.07) is 7.77. The van der Waals surface area contributed by atoms with Gasteiger partial charge in [-0.1, -0.05) is 0 Å². The molecule has 7 nitrogen and oxygen atoms in total. The molecule has 2 aliphatic rings. The lowest BCUT2D eigenvalue weighted by Gasteiger charge is -2.26. The molecule has 27 heavy (non-hydrogen) atoms. The van der Waals surface area contributed by atoms with E-state index in [2.05, 4.69) is 19.9 Å². The van der Waals surface area contributed by atoms with Crippen LogP contribution < -0.4 is 15.0 Å². The second kappa shape index (κ2) is 5.97. The van der Waals surface area contributed by atoms with Crippen LogP contribution in [0.2, 0.25) is 0 Å². The van der Waals surface area contributed by atoms with Gasteiger partial charge >= 0.3 is 0 Å². The van der Waals surface area contributed by atoms with Gasteiger partial charge in [-0.2, -0.15) is 0 Å². The summed E-state index contributed by atoms with van der Waals surface area (Å²) in [5.74, 6) is 2.20. The predicted molar refractivity (Wildman–Crippen MR) is 104 cm³/mol. The number of fused-ring (bicyclic) bond motifs is 2. The van der Waals surface area contributed by atoms with Gasteiger partial charge in [0, 0.05) is 31.4 Å². The SMILES string of the molecule is Cc1nc(Nc2ccc3c(c2)OCC(=O)N3C)cc2c1ncn2CC1CC1. The first-order valence-corrected chi connectivity index (χ1v) is 9.21. The molecule has 138 valence electrons. The molecule has 1 aliphatic carbocycles. The highest BCUT2D eigenvalue weighted by molar-refractivity contribution is 5.97. The third kappa shape index (κ3) is 2.89. The van der Waals surface area contributed by atoms with Crippen molar-refractivity contribution in [3.05, 3.63) is 36.3 Å². The molecule has 1 fully saturated rings. The van der Waals surface area contributed by atoms with E-state index in [9.17, 15) is 4.79 Å². The van der Waals surface area contributed by atoms with Crippen molar-refractivity contribution in [1.82, 2.24) is 14.5 Å². The second-order valence-corrected chi connectivity index (χ2v) is 7.35. The Labute approximate surface area is 157 Å². The molecule has 3 aromatic rings. The Balaban J connectivity index is 1.46. The first-order chi connectivity index (χ1) is 13.1. The number of nitrogens with zero attached hydrogens (tertiary/aromatic N) is 4. The van der Waals surface area contributed by atoms with E-state index in [0.717, 1.165) is 46.4 Å². The van der Waals surface area contributed by atoms with Crippen LogP contribution in [0.3, 0.4) is 0 Å². The van der Waals surface area contributed by atoms with Gasteiger partial charge in [-0.3, -0.25) is 4.79 Å². The van der Waals surface area contributed by atoms with Gasteiger partial charge in [0.25, 0.3) is 5.91 Å². The smallest absolute Gasteiger partial charge is 0.264 e. The molecule has 3 heterocycles. The van der Waals surface area contributed by atoms with Gasteiger partial charge in [-0.15, -0.1) is 0 Å². The summed E-state index contributed by atoms with van der Waals surface area (Å²) in [5, 5.41) is 3.36. The van der Waals surface area contributed by atoms with Gasteiger partial charge in [-0.05, 0) is 37.8 Å². The third-order valence-corrected chi connectivity index (χ3v) is 5.25. The molecule has 1 aromatic carbocycles. The fraction of sp³-hybridized carbons (Fsp3) is 0.350. The van der Waals surface area contributed by atoms with Crippen LogP contribution in [0.5, 0.6) is 5.75 Å². The first-order valence-electron chi connectivity index (χ1n) is 9.21. The van der Waals surface area contributed by atoms with Crippen LogP contribution in [-0.4, -0.2) is 34.1 Å². The van der Waals surface area contributed by atoms with Gasteiger partial charge in [0.1, 0.15) is 17.1 Å². The van der Waals surface area contributed by atoms with E-state index >= 15 is 0 Å². The minimum absolute atomic E-state index is 0.0464. The van der Waals surface area contributed by atoms with Gasteiger partial charge in [-0.25, -0.2) is 9.97 Å². The molecule has 0 bridgehead atoms. The summed E-state index contributed by atoms with van der Waals surface area (Å²) in [6.07, 6.45) is 4.53. The average Bonchev–Trinajstić information content (AvgIpc) is 3.38. The highest BCUT2D eigenvalue weighted by Gasteiger charge is 2.24. The summed E-state index contributed by atoms with van der Waals surface area (Å²) in [5.41, 5.74) is 4.62. The number of carbonyl (C=O) groups excluding carboxylic acids is 1. The summed E-state index contributed by atoms with van der Waals surface area (Å²) in [4.78, 5) is 22.6. The number of amides is 1. The second-order valence-electron chi connectivity index (χ2n) is 7.35. The number of likely N-dealkylation sites (N-methyl/N-ethyl adjacent to an activating group) is 1. The number of rotatable bonds is 4. The van der Waals surface area contributed by atoms with E-state index in [1.54, 1.807) is 11.9 Å². The zero-order valence-electron chi connectivity index (χ0n) is 15.4. The number of nitrogens with one attached hydrogen (secondary N) is 1. The quantitative estimate of drug-likeness (QED) is 0.770. The Morgan fingerprint density at radius 2 is 2.15 bits per heavy atom. The lowest BCUT2D eigenvalue weighted by molar-refractivity contribution is -0.120. The molecular formula is C20H21N5O2. The van der Waals surface area contributed by atoms with Crippen molar-refractivity contribution in [3.63, 3.8) is 0 Å². The zero-order chi connectivity index (χ0) is 18.5. The third-order valence-electron chi connectivity index (χ3n) is 5.25. The Bertz CT molecular complexity index is 1050. The minimum Gasteiger partial charge on any atom is -0.481 e. The molecule has 1 amide bonds. The number of carbonyl (C=O) groups is 1. The fourth-order valence-electron chi connectivity index (χ4n) is 3.51. The molecular weight excluding hydrogens is 342 g/mol. The lowest BCUT2D eigenvalue weighted by atomic mass is 10.2. The number of anilines is 3. The maximum Gasteiger partial charge on any atom is 0.264 e. The van der Waals surface area contributed by atoms with Crippen LogP contribution in [0, 0.1) is 12.8 Å². The van der Waals surface area contributed by atoms with Crippen molar-refractivity contribution in [3.8, 4) is 5.75 Å². The molecule has 1 N–H and O–H groups in total. The van der Waals surface area contributed by atoms with Crippen molar-refractivity contribution < 1.29 is 9.53 Å². The number of pyridine rings is 1. The number of imidazole rings is 1. The minimum atomic E-state index is -0.0464. The van der Waals surface area contributed by atoms with Crippen LogP contribution in [0.1, 0.15) is 18.5 Å². The van der Waals surface area contributed by atoms with Gasteiger partial charge in [0.15, 0.2) is 6.61 Å². The molecule has 5 rings (SSSR count). The Morgan fingerprint density at radius 3 is 2.96 bits per heavy atom. The van der Waals surface area contributed by atoms with E-state index < -0.39 is 0 Å². The topological polar surface area (TPSA) is 72.3 Å². The average molecular weight is 363 g/mol. The van der Waals surface area contributed by atoms with Crippen molar-refractivity contribution in [2.45, 2.75) is 26.3 Å². The highest BCUT2D eigenvalue weighted by Crippen LogP contribution is 2.35. The van der Waals surface area contributed by atoms with E-state index in [1.807, 2.05) is 37.5 Å². The number of hydrogen-bond donors (Lipinski definition) is 1. The summed E-state index contributed by atoms with van der Waals surface area (Å²) in [6.45, 7) is 3.07. The van der Waals surface area contributed by atoms with Crippen molar-refractivity contribution >= 4 is 34.1 Å². The van der Waals surface area contributed by atoms with Crippen molar-refractivity contribution in [2.24, 2.45) is 5.92 Å². The molecule has 0 radical (unpaired) electrons. The van der Waals surface area contributed by atoms with Crippen molar-refractivity contribution in [2.75, 3.05) is 23.9 Å². The van der Waals surface area contributed by atoms with Crippen LogP contribution >= 0.6 is 0 Å². The van der Waals surface area contributed by atoms with E-state index in [0.29, 0.717) is 5.75 Å². The summed E-state index contributed by atoms with van der Waals surface area (Å²) in [7, 11) is 1.76. The monoisotopic (exact) mass is 363 g/mol. The van der Waals surface area contributed by atoms with Crippen LogP contribution in [-0.2, 0) is 11.3 Å². The van der Waals surface area contributed by atoms with Gasteiger partial charge in [0.05, 0.1) is 23.2 Å². The molecule has 0 saturated heterocycles. The number of aromatic nitrogens is 3. The highest BCUT2D eigenvalue weighted by atomic mass is 16.5. The van der Waals surface area contributed by atoms with Crippen molar-refractivity contribution in [1.29, 1.82) is 0 Å². The van der Waals surface area contributed by atoms with Crippen LogP contribution in [0.4, 0.5) is 17.2 Å². The summed E-state index contributed by atoms with van der Waals surface area (Å²) >= 11 is 0. The molecule has 0 atom stereocenters. The molecule has 7 heteroatoms. The standard InChI is InChI=1S/C20H21N5O2/c1-12-20-16(25(11-21-20)9-13-3-4-13)8-18(22-12)23-14-5-6-15-17(7-14)27-10-19(26)24(15)2/h5-8,11,13H,3-4,9-10H2,1-2H3,(H,22,23). The Hall–Kier alpha value is -3.09. The Morgan fingerprint density at radius 1 is 1.30 bits per heavy atom. The van der Waals surface area contributed by atoms with Gasteiger partial charge in [0.2, 0.25) is 0 Å². The predicted octanol–water partition coefficient (Wildman–Crippen LogP) is 3.25. The normalized spacial score (nSPS) is 16.4. The number of ether oxygens (including phenoxy) is 1. The maximum atomic E-state index is 11.7. The fourth-order valence-corrected chi connectivity index (χ4v) is 3.51. The number of hydrogen-bond acceptors (Lipinski definition) is 5. The number of aryl methyl sites for hydroxylation is 1. The van der Waals surface area contributed by atoms with E-state index in [4.69, 9.17) is 4.74 Å². The number of benzene rings is 1. The molecule has 0 spiro atoms. The Kier molecular flexibility index (Phi) is 3.56. The lowest BCUT2D eigenvalue weighted by Crippen LogP contribution is -2.35. The van der Waals surface area contributed by atoms with E-state index in [1.165, 1.54) is 12.8 Å². The van der Waals surface area contributed by atoms with E-state index in [-0.39, 0.29) is 12.5 Å². The van der Waals surface area contributed by atoms with Crippen LogP contribution in [0.25, 0.3) is 11.0 Å². The van der Waals surface area contributed by atoms with Gasteiger partial charge < -0.3 is 19.5 Å². The largest absolute Gasteiger partial charge is 0.481 e.